The number of carbonyl (C=O) groups excluding carboxylic acids is 1. The van der Waals surface area contributed by atoms with Crippen molar-refractivity contribution in [2.24, 2.45) is 5.92 Å². The van der Waals surface area contributed by atoms with E-state index in [1.54, 1.807) is 11.0 Å². The molecule has 11 heteroatoms. The molecule has 40 heavy (non-hydrogen) atoms. The van der Waals surface area contributed by atoms with Crippen LogP contribution < -0.4 is 10.0 Å². The summed E-state index contributed by atoms with van der Waals surface area (Å²) >= 11 is 0. The molecule has 1 aromatic heterocycles. The van der Waals surface area contributed by atoms with Gasteiger partial charge in [-0.2, -0.15) is 13.2 Å². The first-order valence-electron chi connectivity index (χ1n) is 13.4. The van der Waals surface area contributed by atoms with E-state index in [1.807, 2.05) is 12.1 Å². The number of benzene rings is 2. The maximum atomic E-state index is 13.5. The minimum absolute atomic E-state index is 0.0255. The predicted molar refractivity (Wildman–Crippen MR) is 148 cm³/mol. The summed E-state index contributed by atoms with van der Waals surface area (Å²) in [5.74, 6) is 0.247. The number of piperidine rings is 1. The Labute approximate surface area is 232 Å². The number of aromatic nitrogens is 1. The van der Waals surface area contributed by atoms with Crippen LogP contribution in [0.3, 0.4) is 0 Å². The van der Waals surface area contributed by atoms with Crippen LogP contribution in [0.15, 0.2) is 60.6 Å². The van der Waals surface area contributed by atoms with Crippen LogP contribution in [0.4, 0.5) is 13.2 Å². The minimum Gasteiger partial charge on any atom is -0.343 e. The number of carbonyl (C=O) groups is 1. The van der Waals surface area contributed by atoms with Gasteiger partial charge in [0, 0.05) is 54.3 Å². The van der Waals surface area contributed by atoms with E-state index in [1.165, 1.54) is 12.1 Å². The second kappa shape index (κ2) is 11.4. The van der Waals surface area contributed by atoms with Gasteiger partial charge in [0.15, 0.2) is 0 Å². The fraction of sp³-hybridized carbons (Fsp3) is 0.414. The summed E-state index contributed by atoms with van der Waals surface area (Å²) in [7, 11) is -3.51. The Bertz CT molecular complexity index is 1490. The molecule has 7 nitrogen and oxygen atoms in total. The molecule has 0 bridgehead atoms. The maximum absolute atomic E-state index is 13.5. The highest BCUT2D eigenvalue weighted by atomic mass is 32.2. The Morgan fingerprint density at radius 1 is 1.10 bits per heavy atom. The number of hydrogen-bond donors (Lipinski definition) is 2. The molecule has 3 aromatic rings. The number of fused-ring (bicyclic) bond motifs is 1. The number of likely N-dealkylation sites (tertiary alicyclic amines) is 1. The molecular weight excluding hydrogens is 541 g/mol. The van der Waals surface area contributed by atoms with E-state index in [9.17, 15) is 26.4 Å². The van der Waals surface area contributed by atoms with Crippen LogP contribution in [0.2, 0.25) is 0 Å². The number of sulfonamides is 1. The minimum atomic E-state index is -4.38. The lowest BCUT2D eigenvalue weighted by Crippen LogP contribution is -2.32. The first kappa shape index (κ1) is 28.4. The molecular formula is C29H33F3N4O3S. The van der Waals surface area contributed by atoms with Crippen molar-refractivity contribution in [2.45, 2.75) is 37.9 Å². The summed E-state index contributed by atoms with van der Waals surface area (Å²) in [5, 5.41) is 5.25. The third kappa shape index (κ3) is 6.26. The lowest BCUT2D eigenvalue weighted by atomic mass is 9.89. The Kier molecular flexibility index (Phi) is 8.08. The average Bonchev–Trinajstić information content (AvgIpc) is 3.57. The lowest BCUT2D eigenvalue weighted by molar-refractivity contribution is -0.137. The van der Waals surface area contributed by atoms with E-state index in [2.05, 4.69) is 27.4 Å². The van der Waals surface area contributed by atoms with Crippen LogP contribution in [0, 0.1) is 5.92 Å². The van der Waals surface area contributed by atoms with Gasteiger partial charge in [-0.25, -0.2) is 13.1 Å². The standard InChI is InChI=1S/C29H33F3N4O3S/c1-2-40(38,39)34-16-21-11-14-35(18-21)28(37)23-5-8-27-25(15-23)26(22-9-12-33-13-10-22)19-36(27)17-20-3-6-24(7-4-20)29(30,31)32/h2-8,15,19,21-22,33-34H,1,9-14,16-18H2/t21-/m1/s1. The Morgan fingerprint density at radius 3 is 2.50 bits per heavy atom. The fourth-order valence-electron chi connectivity index (χ4n) is 5.70. The van der Waals surface area contributed by atoms with Crippen LogP contribution in [0.5, 0.6) is 0 Å². The molecule has 0 saturated carbocycles. The van der Waals surface area contributed by atoms with Crippen LogP contribution in [-0.2, 0) is 22.7 Å². The number of nitrogens with one attached hydrogen (secondary N) is 2. The lowest BCUT2D eigenvalue weighted by Gasteiger charge is -2.22. The summed E-state index contributed by atoms with van der Waals surface area (Å²) in [6.45, 7) is 6.79. The summed E-state index contributed by atoms with van der Waals surface area (Å²) in [6, 6.07) is 10.9. The molecule has 1 atom stereocenters. The monoisotopic (exact) mass is 574 g/mol. The van der Waals surface area contributed by atoms with Crippen molar-refractivity contribution >= 4 is 26.8 Å². The topological polar surface area (TPSA) is 83.4 Å². The molecule has 214 valence electrons. The van der Waals surface area contributed by atoms with Gasteiger partial charge in [0.1, 0.15) is 0 Å². The van der Waals surface area contributed by atoms with E-state index >= 15 is 0 Å². The molecule has 0 radical (unpaired) electrons. The van der Waals surface area contributed by atoms with E-state index in [-0.39, 0.29) is 18.4 Å². The summed E-state index contributed by atoms with van der Waals surface area (Å²) in [5.41, 5.74) is 2.74. The second-order valence-corrected chi connectivity index (χ2v) is 12.3. The Balaban J connectivity index is 1.39. The zero-order valence-corrected chi connectivity index (χ0v) is 22.9. The largest absolute Gasteiger partial charge is 0.416 e. The molecule has 0 unspecified atom stereocenters. The van der Waals surface area contributed by atoms with Gasteiger partial charge in [-0.15, -0.1) is 0 Å². The second-order valence-electron chi connectivity index (χ2n) is 10.6. The molecule has 3 heterocycles. The highest BCUT2D eigenvalue weighted by Gasteiger charge is 2.30. The van der Waals surface area contributed by atoms with Crippen molar-refractivity contribution in [2.75, 3.05) is 32.7 Å². The number of rotatable bonds is 8. The molecule has 1 amide bonds. The predicted octanol–water partition coefficient (Wildman–Crippen LogP) is 4.70. The summed E-state index contributed by atoms with van der Waals surface area (Å²) in [6.07, 6.45) is 0.346. The first-order valence-corrected chi connectivity index (χ1v) is 15.0. The third-order valence-corrected chi connectivity index (χ3v) is 8.95. The van der Waals surface area contributed by atoms with Gasteiger partial charge in [0.2, 0.25) is 10.0 Å². The van der Waals surface area contributed by atoms with Gasteiger partial charge in [0.25, 0.3) is 5.91 Å². The van der Waals surface area contributed by atoms with Gasteiger partial charge in [-0.3, -0.25) is 4.79 Å². The molecule has 0 spiro atoms. The fourth-order valence-corrected chi connectivity index (χ4v) is 6.29. The van der Waals surface area contributed by atoms with E-state index in [4.69, 9.17) is 0 Å². The van der Waals surface area contributed by atoms with Gasteiger partial charge in [-0.05, 0) is 85.6 Å². The molecule has 2 aliphatic heterocycles. The van der Waals surface area contributed by atoms with Crippen molar-refractivity contribution in [1.29, 1.82) is 0 Å². The molecule has 2 N–H and O–H groups in total. The molecule has 0 aliphatic carbocycles. The number of amides is 1. The number of nitrogens with zero attached hydrogens (tertiary/aromatic N) is 2. The van der Waals surface area contributed by atoms with E-state index in [0.717, 1.165) is 65.5 Å². The van der Waals surface area contributed by atoms with Crippen molar-refractivity contribution in [3.8, 4) is 0 Å². The van der Waals surface area contributed by atoms with E-state index < -0.39 is 21.8 Å². The normalized spacial score (nSPS) is 18.9. The van der Waals surface area contributed by atoms with E-state index in [0.29, 0.717) is 37.5 Å². The zero-order chi connectivity index (χ0) is 28.5. The number of halogens is 3. The SMILES string of the molecule is C=CS(=O)(=O)NC[C@H]1CCN(C(=O)c2ccc3c(c2)c(C2CCNCC2)cn3Cc2ccc(C(F)(F)F)cc2)C1. The van der Waals surface area contributed by atoms with Crippen LogP contribution >= 0.6 is 0 Å². The maximum Gasteiger partial charge on any atom is 0.416 e. The zero-order valence-electron chi connectivity index (χ0n) is 22.1. The molecule has 2 aromatic carbocycles. The highest BCUT2D eigenvalue weighted by Crippen LogP contribution is 2.35. The third-order valence-electron chi connectivity index (χ3n) is 7.94. The Hall–Kier alpha value is -3.15. The molecule has 5 rings (SSSR count). The number of hydrogen-bond acceptors (Lipinski definition) is 4. The van der Waals surface area contributed by atoms with Crippen molar-refractivity contribution in [3.05, 3.63) is 82.9 Å². The van der Waals surface area contributed by atoms with Gasteiger partial charge < -0.3 is 14.8 Å². The van der Waals surface area contributed by atoms with Crippen molar-refractivity contribution in [3.63, 3.8) is 0 Å². The van der Waals surface area contributed by atoms with Crippen LogP contribution in [-0.4, -0.2) is 56.5 Å². The Morgan fingerprint density at radius 2 is 1.82 bits per heavy atom. The molecule has 2 fully saturated rings. The smallest absolute Gasteiger partial charge is 0.343 e. The molecule has 2 saturated heterocycles. The van der Waals surface area contributed by atoms with Crippen LogP contribution in [0.25, 0.3) is 10.9 Å². The summed E-state index contributed by atoms with van der Waals surface area (Å²) < 4.78 is 67.0. The van der Waals surface area contributed by atoms with Crippen molar-refractivity contribution < 1.29 is 26.4 Å². The van der Waals surface area contributed by atoms with Crippen LogP contribution in [0.1, 0.15) is 52.2 Å². The van der Waals surface area contributed by atoms with Crippen molar-refractivity contribution in [1.82, 2.24) is 19.5 Å². The van der Waals surface area contributed by atoms with Gasteiger partial charge in [-0.1, -0.05) is 18.7 Å². The quantitative estimate of drug-likeness (QED) is 0.409. The number of alkyl halides is 3. The van der Waals surface area contributed by atoms with Gasteiger partial charge in [0.05, 0.1) is 5.56 Å². The molecule has 2 aliphatic rings. The first-order chi connectivity index (χ1) is 19.0. The highest BCUT2D eigenvalue weighted by molar-refractivity contribution is 7.92. The van der Waals surface area contributed by atoms with Gasteiger partial charge >= 0.3 is 6.18 Å². The average molecular weight is 575 g/mol. The summed E-state index contributed by atoms with van der Waals surface area (Å²) in [4.78, 5) is 15.2.